The zero-order chi connectivity index (χ0) is 21.2. The summed E-state index contributed by atoms with van der Waals surface area (Å²) >= 11 is 0. The molecule has 2 N–H and O–H groups in total. The number of anilines is 1. The van der Waals surface area contributed by atoms with Gasteiger partial charge in [-0.1, -0.05) is 60.7 Å². The normalized spacial score (nSPS) is 14.3. The molecule has 0 atom stereocenters. The van der Waals surface area contributed by atoms with Crippen molar-refractivity contribution in [3.8, 4) is 0 Å². The van der Waals surface area contributed by atoms with Gasteiger partial charge in [-0.3, -0.25) is 18.9 Å². The second-order valence-electron chi connectivity index (χ2n) is 7.72. The van der Waals surface area contributed by atoms with Crippen molar-refractivity contribution in [1.82, 2.24) is 24.4 Å². The summed E-state index contributed by atoms with van der Waals surface area (Å²) in [4.78, 5) is 35.2. The molecule has 3 heterocycles. The lowest BCUT2D eigenvalue weighted by Crippen LogP contribution is -2.44. The third kappa shape index (κ3) is 3.77. The third-order valence-electron chi connectivity index (χ3n) is 5.63. The van der Waals surface area contributed by atoms with Crippen LogP contribution >= 0.6 is 0 Å². The highest BCUT2D eigenvalue weighted by atomic mass is 16.2. The Labute approximate surface area is 178 Å². The van der Waals surface area contributed by atoms with Gasteiger partial charge in [0.1, 0.15) is 0 Å². The first kappa shape index (κ1) is 19.3. The molecule has 1 fully saturated rings. The quantitative estimate of drug-likeness (QED) is 0.513. The highest BCUT2D eigenvalue weighted by molar-refractivity contribution is 5.75. The minimum Gasteiger partial charge on any atom is -0.340 e. The summed E-state index contributed by atoms with van der Waals surface area (Å²) in [5.41, 5.74) is 2.03. The molecule has 5 rings (SSSR count). The highest BCUT2D eigenvalue weighted by Crippen LogP contribution is 2.22. The molecule has 0 radical (unpaired) electrons. The Balaban J connectivity index is 1.71. The zero-order valence-corrected chi connectivity index (χ0v) is 17.1. The largest absolute Gasteiger partial charge is 0.340 e. The molecular weight excluding hydrogens is 392 g/mol. The minimum atomic E-state index is -0.447. The molecule has 1 aliphatic heterocycles. The van der Waals surface area contributed by atoms with Crippen LogP contribution in [-0.2, 0) is 13.1 Å². The van der Waals surface area contributed by atoms with Crippen LogP contribution in [0.5, 0.6) is 0 Å². The molecule has 1 saturated heterocycles. The maximum absolute atomic E-state index is 13.0. The van der Waals surface area contributed by atoms with Gasteiger partial charge in [-0.2, -0.15) is 4.98 Å². The molecule has 158 valence electrons. The molecule has 8 nitrogen and oxygen atoms in total. The summed E-state index contributed by atoms with van der Waals surface area (Å²) in [6.07, 6.45) is 0. The molecule has 0 aliphatic carbocycles. The van der Waals surface area contributed by atoms with Crippen LogP contribution in [0.1, 0.15) is 11.1 Å². The van der Waals surface area contributed by atoms with Gasteiger partial charge in [0, 0.05) is 26.2 Å². The standard InChI is InChI=1S/C23H24N6O2/c30-21-19-20(29(23(31)26-21)16-18-9-5-2-6-10-18)25-22(27-13-11-24-12-14-27)28(19)15-17-7-3-1-4-8-17/h1-10,24H,11-16H2,(H,26,30,31). The summed E-state index contributed by atoms with van der Waals surface area (Å²) in [5, 5.41) is 3.35. The number of rotatable bonds is 5. The van der Waals surface area contributed by atoms with Gasteiger partial charge in [0.2, 0.25) is 5.95 Å². The van der Waals surface area contributed by atoms with Crippen molar-refractivity contribution >= 4 is 17.1 Å². The number of nitrogens with zero attached hydrogens (tertiary/aromatic N) is 4. The molecule has 1 aliphatic rings. The van der Waals surface area contributed by atoms with Gasteiger partial charge in [0.25, 0.3) is 5.56 Å². The Morgan fingerprint density at radius 3 is 2.00 bits per heavy atom. The van der Waals surface area contributed by atoms with Crippen molar-refractivity contribution < 1.29 is 0 Å². The Morgan fingerprint density at radius 1 is 0.806 bits per heavy atom. The average Bonchev–Trinajstić information content (AvgIpc) is 3.18. The van der Waals surface area contributed by atoms with Crippen LogP contribution in [0.25, 0.3) is 11.2 Å². The van der Waals surface area contributed by atoms with Gasteiger partial charge in [0.05, 0.1) is 13.1 Å². The lowest BCUT2D eigenvalue weighted by Gasteiger charge is -2.28. The van der Waals surface area contributed by atoms with Gasteiger partial charge in [-0.25, -0.2) is 4.79 Å². The van der Waals surface area contributed by atoms with Crippen LogP contribution in [0.2, 0.25) is 0 Å². The number of nitrogens with one attached hydrogen (secondary N) is 2. The first-order valence-electron chi connectivity index (χ1n) is 10.5. The van der Waals surface area contributed by atoms with Crippen molar-refractivity contribution in [2.75, 3.05) is 31.1 Å². The molecule has 4 aromatic rings. The number of hydrogen-bond acceptors (Lipinski definition) is 5. The Hall–Kier alpha value is -3.65. The predicted octanol–water partition coefficient (Wildman–Crippen LogP) is 1.39. The summed E-state index contributed by atoms with van der Waals surface area (Å²) < 4.78 is 3.50. The van der Waals surface area contributed by atoms with Crippen molar-refractivity contribution in [2.24, 2.45) is 0 Å². The van der Waals surface area contributed by atoms with E-state index in [1.165, 1.54) is 0 Å². The van der Waals surface area contributed by atoms with E-state index in [9.17, 15) is 9.59 Å². The van der Waals surface area contributed by atoms with Gasteiger partial charge in [0.15, 0.2) is 11.2 Å². The third-order valence-corrected chi connectivity index (χ3v) is 5.63. The minimum absolute atomic E-state index is 0.344. The number of H-pyrrole nitrogens is 1. The van der Waals surface area contributed by atoms with Gasteiger partial charge >= 0.3 is 5.69 Å². The Bertz CT molecular complexity index is 1300. The van der Waals surface area contributed by atoms with Crippen LogP contribution < -0.4 is 21.5 Å². The number of aromatic amines is 1. The monoisotopic (exact) mass is 416 g/mol. The first-order chi connectivity index (χ1) is 15.2. The molecular formula is C23H24N6O2. The van der Waals surface area contributed by atoms with Gasteiger partial charge in [-0.05, 0) is 11.1 Å². The fraction of sp³-hybridized carbons (Fsp3) is 0.261. The summed E-state index contributed by atoms with van der Waals surface area (Å²) in [5.74, 6) is 0.721. The number of fused-ring (bicyclic) bond motifs is 1. The Kier molecular flexibility index (Phi) is 5.13. The van der Waals surface area contributed by atoms with Gasteiger partial charge < -0.3 is 10.2 Å². The lowest BCUT2D eigenvalue weighted by molar-refractivity contribution is 0.571. The van der Waals surface area contributed by atoms with E-state index in [4.69, 9.17) is 4.98 Å². The topological polar surface area (TPSA) is 87.9 Å². The van der Waals surface area contributed by atoms with E-state index >= 15 is 0 Å². The number of aromatic nitrogens is 4. The van der Waals surface area contributed by atoms with E-state index in [1.54, 1.807) is 4.57 Å². The van der Waals surface area contributed by atoms with E-state index in [2.05, 4.69) is 15.2 Å². The lowest BCUT2D eigenvalue weighted by atomic mass is 10.2. The van der Waals surface area contributed by atoms with E-state index in [0.29, 0.717) is 24.3 Å². The van der Waals surface area contributed by atoms with Crippen LogP contribution in [0.15, 0.2) is 70.3 Å². The van der Waals surface area contributed by atoms with Crippen molar-refractivity contribution in [3.05, 3.63) is 92.6 Å². The van der Waals surface area contributed by atoms with Crippen molar-refractivity contribution in [2.45, 2.75) is 13.1 Å². The maximum atomic E-state index is 13.0. The number of benzene rings is 2. The van der Waals surface area contributed by atoms with E-state index < -0.39 is 11.2 Å². The molecule has 0 amide bonds. The number of piperazine rings is 1. The molecule has 31 heavy (non-hydrogen) atoms. The summed E-state index contributed by atoms with van der Waals surface area (Å²) in [7, 11) is 0. The molecule has 0 bridgehead atoms. The van der Waals surface area contributed by atoms with Crippen LogP contribution in [0, 0.1) is 0 Å². The number of hydrogen-bond donors (Lipinski definition) is 2. The van der Waals surface area contributed by atoms with Crippen molar-refractivity contribution in [1.29, 1.82) is 0 Å². The molecule has 0 unspecified atom stereocenters. The number of imidazole rings is 1. The second kappa shape index (κ2) is 8.23. The maximum Gasteiger partial charge on any atom is 0.330 e. The fourth-order valence-electron chi connectivity index (χ4n) is 4.10. The van der Waals surface area contributed by atoms with Crippen LogP contribution in [0.3, 0.4) is 0 Å². The smallest absolute Gasteiger partial charge is 0.330 e. The molecule has 2 aromatic heterocycles. The van der Waals surface area contributed by atoms with Crippen molar-refractivity contribution in [3.63, 3.8) is 0 Å². The van der Waals surface area contributed by atoms with Crippen LogP contribution in [-0.4, -0.2) is 45.3 Å². The first-order valence-corrected chi connectivity index (χ1v) is 10.5. The zero-order valence-electron chi connectivity index (χ0n) is 17.1. The summed E-state index contributed by atoms with van der Waals surface area (Å²) in [6, 6.07) is 19.7. The van der Waals surface area contributed by atoms with E-state index in [-0.39, 0.29) is 0 Å². The SMILES string of the molecule is O=c1[nH]c(=O)n(Cc2ccccc2)c2nc(N3CCNCC3)n(Cc3ccccc3)c12. The second-order valence-corrected chi connectivity index (χ2v) is 7.72. The Morgan fingerprint density at radius 2 is 1.39 bits per heavy atom. The highest BCUT2D eigenvalue weighted by Gasteiger charge is 2.23. The fourth-order valence-corrected chi connectivity index (χ4v) is 4.10. The van der Waals surface area contributed by atoms with E-state index in [0.717, 1.165) is 43.3 Å². The van der Waals surface area contributed by atoms with Gasteiger partial charge in [-0.15, -0.1) is 0 Å². The average molecular weight is 416 g/mol. The molecule has 0 spiro atoms. The molecule has 2 aromatic carbocycles. The van der Waals surface area contributed by atoms with Crippen LogP contribution in [0.4, 0.5) is 5.95 Å². The molecule has 8 heteroatoms. The summed E-state index contributed by atoms with van der Waals surface area (Å²) in [6.45, 7) is 4.13. The predicted molar refractivity (Wildman–Crippen MR) is 121 cm³/mol. The molecule has 0 saturated carbocycles. The van der Waals surface area contributed by atoms with E-state index in [1.807, 2.05) is 65.2 Å².